The van der Waals surface area contributed by atoms with Gasteiger partial charge in [0.05, 0.1) is 31.4 Å². The second-order valence-corrected chi connectivity index (χ2v) is 7.39. The lowest BCUT2D eigenvalue weighted by Crippen LogP contribution is -2.37. The summed E-state index contributed by atoms with van der Waals surface area (Å²) in [7, 11) is 1.54. The van der Waals surface area contributed by atoms with Crippen LogP contribution in [0.1, 0.15) is 24.4 Å². The third kappa shape index (κ3) is 3.52. The summed E-state index contributed by atoms with van der Waals surface area (Å²) in [6.45, 7) is 0.851. The number of benzene rings is 2. The first-order valence-corrected chi connectivity index (χ1v) is 9.60. The van der Waals surface area contributed by atoms with Crippen LogP contribution in [-0.2, 0) is 9.59 Å². The molecule has 0 aliphatic carbocycles. The highest BCUT2D eigenvalue weighted by atomic mass is 35.5. The van der Waals surface area contributed by atoms with Crippen molar-refractivity contribution < 1.29 is 19.1 Å². The minimum absolute atomic E-state index is 0.109. The van der Waals surface area contributed by atoms with Crippen LogP contribution in [0.4, 0.5) is 5.69 Å². The Hall–Kier alpha value is -2.73. The average molecular weight is 401 g/mol. The molecule has 0 bridgehead atoms. The molecular weight excluding hydrogens is 380 g/mol. The van der Waals surface area contributed by atoms with Crippen LogP contribution >= 0.6 is 11.6 Å². The summed E-state index contributed by atoms with van der Waals surface area (Å²) in [5.41, 5.74) is 1.56. The van der Waals surface area contributed by atoms with Crippen molar-refractivity contribution in [1.29, 1.82) is 0 Å². The number of nitrogens with one attached hydrogen (secondary N) is 1. The second kappa shape index (κ2) is 7.72. The maximum Gasteiger partial charge on any atom is 0.227 e. The molecule has 0 spiro atoms. The van der Waals surface area contributed by atoms with E-state index < -0.39 is 5.92 Å². The number of amides is 2. The molecule has 28 heavy (non-hydrogen) atoms. The van der Waals surface area contributed by atoms with E-state index in [9.17, 15) is 9.59 Å². The van der Waals surface area contributed by atoms with Gasteiger partial charge >= 0.3 is 0 Å². The number of para-hydroxylation sites is 1. The number of rotatable bonds is 4. The largest absolute Gasteiger partial charge is 0.495 e. The number of halogens is 1. The Labute approximate surface area is 168 Å². The molecule has 6 nitrogen and oxygen atoms in total. The van der Waals surface area contributed by atoms with Crippen molar-refractivity contribution in [3.8, 4) is 11.5 Å². The van der Waals surface area contributed by atoms with Gasteiger partial charge in [0.1, 0.15) is 11.5 Å². The van der Waals surface area contributed by atoms with Gasteiger partial charge in [0.2, 0.25) is 11.8 Å². The highest BCUT2D eigenvalue weighted by Gasteiger charge is 2.37. The number of nitrogens with zero attached hydrogens (tertiary/aromatic N) is 1. The molecule has 1 fully saturated rings. The Morgan fingerprint density at radius 1 is 1.29 bits per heavy atom. The zero-order valence-corrected chi connectivity index (χ0v) is 16.2. The molecule has 4 rings (SSSR count). The Morgan fingerprint density at radius 2 is 2.11 bits per heavy atom. The molecule has 1 saturated heterocycles. The lowest BCUT2D eigenvalue weighted by atomic mass is 9.99. The van der Waals surface area contributed by atoms with Gasteiger partial charge in [0.15, 0.2) is 0 Å². The number of carbonyl (C=O) groups excluding carboxylic acids is 2. The van der Waals surface area contributed by atoms with Crippen molar-refractivity contribution in [3.05, 3.63) is 53.1 Å². The summed E-state index contributed by atoms with van der Waals surface area (Å²) in [4.78, 5) is 27.0. The van der Waals surface area contributed by atoms with E-state index in [0.717, 1.165) is 11.3 Å². The summed E-state index contributed by atoms with van der Waals surface area (Å²) in [5.74, 6) is 0.682. The fraction of sp³-hybridized carbons (Fsp3) is 0.333. The first-order valence-electron chi connectivity index (χ1n) is 9.23. The van der Waals surface area contributed by atoms with Gasteiger partial charge in [-0.3, -0.25) is 9.59 Å². The Morgan fingerprint density at radius 3 is 2.93 bits per heavy atom. The van der Waals surface area contributed by atoms with E-state index in [1.807, 2.05) is 24.3 Å². The zero-order chi connectivity index (χ0) is 19.7. The maximum atomic E-state index is 12.9. The molecule has 2 heterocycles. The quantitative estimate of drug-likeness (QED) is 0.854. The molecular formula is C21H21ClN2O4. The van der Waals surface area contributed by atoms with Crippen molar-refractivity contribution in [2.45, 2.75) is 18.9 Å². The first kappa shape index (κ1) is 18.6. The van der Waals surface area contributed by atoms with Crippen molar-refractivity contribution in [2.24, 2.45) is 5.92 Å². The SMILES string of the molecule is COc1ccc(Cl)cc1N1C[C@@H](C(=O)N[C@@H]2CCOc3ccccc32)CC1=O. The van der Waals surface area contributed by atoms with Gasteiger partial charge < -0.3 is 19.7 Å². The van der Waals surface area contributed by atoms with Gasteiger partial charge in [-0.25, -0.2) is 0 Å². The Kier molecular flexibility index (Phi) is 5.13. The van der Waals surface area contributed by atoms with Crippen LogP contribution in [0.5, 0.6) is 11.5 Å². The summed E-state index contributed by atoms with van der Waals surface area (Å²) in [5, 5.41) is 3.60. The molecule has 1 N–H and O–H groups in total. The normalized spacial score (nSPS) is 21.1. The lowest BCUT2D eigenvalue weighted by Gasteiger charge is -2.27. The topological polar surface area (TPSA) is 67.9 Å². The minimum Gasteiger partial charge on any atom is -0.495 e. The summed E-state index contributed by atoms with van der Waals surface area (Å²) >= 11 is 6.09. The van der Waals surface area contributed by atoms with Crippen LogP contribution in [0.15, 0.2) is 42.5 Å². The highest BCUT2D eigenvalue weighted by Crippen LogP contribution is 2.36. The smallest absolute Gasteiger partial charge is 0.227 e. The number of methoxy groups -OCH3 is 1. The van der Waals surface area contributed by atoms with Gasteiger partial charge in [-0.2, -0.15) is 0 Å². The van der Waals surface area contributed by atoms with Gasteiger partial charge in [-0.1, -0.05) is 29.8 Å². The standard InChI is InChI=1S/C21H21ClN2O4/c1-27-19-7-6-14(22)11-17(19)24-12-13(10-20(24)25)21(26)23-16-8-9-28-18-5-3-2-4-15(16)18/h2-7,11,13,16H,8-10,12H2,1H3,(H,23,26)/t13-,16+/m0/s1. The molecule has 0 unspecified atom stereocenters. The molecule has 146 valence electrons. The van der Waals surface area contributed by atoms with Crippen LogP contribution in [0, 0.1) is 5.92 Å². The van der Waals surface area contributed by atoms with Crippen LogP contribution in [0.2, 0.25) is 5.02 Å². The molecule has 2 aliphatic heterocycles. The van der Waals surface area contributed by atoms with Crippen LogP contribution in [0.3, 0.4) is 0 Å². The number of hydrogen-bond donors (Lipinski definition) is 1. The number of carbonyl (C=O) groups is 2. The van der Waals surface area contributed by atoms with E-state index in [1.54, 1.807) is 30.2 Å². The van der Waals surface area contributed by atoms with Gasteiger partial charge in [-0.15, -0.1) is 0 Å². The van der Waals surface area contributed by atoms with Gasteiger partial charge in [0.25, 0.3) is 0 Å². The summed E-state index contributed by atoms with van der Waals surface area (Å²) in [6.07, 6.45) is 0.863. The van der Waals surface area contributed by atoms with Crippen molar-refractivity contribution in [1.82, 2.24) is 5.32 Å². The fourth-order valence-electron chi connectivity index (χ4n) is 3.77. The molecule has 2 atom stereocenters. The Balaban J connectivity index is 1.49. The van der Waals surface area contributed by atoms with Crippen molar-refractivity contribution in [2.75, 3.05) is 25.2 Å². The van der Waals surface area contributed by atoms with Crippen molar-refractivity contribution >= 4 is 29.1 Å². The molecule has 2 aromatic rings. The van der Waals surface area contributed by atoms with E-state index in [0.29, 0.717) is 36.0 Å². The van der Waals surface area contributed by atoms with E-state index in [2.05, 4.69) is 5.32 Å². The van der Waals surface area contributed by atoms with Gasteiger partial charge in [0, 0.05) is 30.0 Å². The molecule has 0 aromatic heterocycles. The van der Waals surface area contributed by atoms with Crippen LogP contribution in [0.25, 0.3) is 0 Å². The Bertz CT molecular complexity index is 917. The third-order valence-electron chi connectivity index (χ3n) is 5.20. The molecule has 2 amide bonds. The average Bonchev–Trinajstić information content (AvgIpc) is 3.10. The van der Waals surface area contributed by atoms with Crippen molar-refractivity contribution in [3.63, 3.8) is 0 Å². The van der Waals surface area contributed by atoms with E-state index in [-0.39, 0.29) is 24.3 Å². The lowest BCUT2D eigenvalue weighted by molar-refractivity contribution is -0.127. The molecule has 7 heteroatoms. The zero-order valence-electron chi connectivity index (χ0n) is 15.5. The molecule has 0 radical (unpaired) electrons. The van der Waals surface area contributed by atoms with E-state index >= 15 is 0 Å². The second-order valence-electron chi connectivity index (χ2n) is 6.96. The fourth-order valence-corrected chi connectivity index (χ4v) is 3.94. The first-order chi connectivity index (χ1) is 13.6. The predicted octanol–water partition coefficient (Wildman–Crippen LogP) is 3.34. The summed E-state index contributed by atoms with van der Waals surface area (Å²) in [6, 6.07) is 12.7. The van der Waals surface area contributed by atoms with E-state index in [1.165, 1.54) is 0 Å². The van der Waals surface area contributed by atoms with Crippen LogP contribution in [-0.4, -0.2) is 32.1 Å². The summed E-state index contributed by atoms with van der Waals surface area (Å²) < 4.78 is 11.0. The van der Waals surface area contributed by atoms with E-state index in [4.69, 9.17) is 21.1 Å². The minimum atomic E-state index is -0.425. The molecule has 0 saturated carbocycles. The number of hydrogen-bond acceptors (Lipinski definition) is 4. The monoisotopic (exact) mass is 400 g/mol. The predicted molar refractivity (Wildman–Crippen MR) is 106 cm³/mol. The van der Waals surface area contributed by atoms with Gasteiger partial charge in [-0.05, 0) is 24.3 Å². The number of ether oxygens (including phenoxy) is 2. The van der Waals surface area contributed by atoms with Crippen LogP contribution < -0.4 is 19.7 Å². The third-order valence-corrected chi connectivity index (χ3v) is 5.44. The number of anilines is 1. The number of fused-ring (bicyclic) bond motifs is 1. The highest BCUT2D eigenvalue weighted by molar-refractivity contribution is 6.31. The molecule has 2 aromatic carbocycles. The maximum absolute atomic E-state index is 12.9. The molecule has 2 aliphatic rings.